The van der Waals surface area contributed by atoms with E-state index in [0.29, 0.717) is 11.8 Å². The minimum Gasteiger partial charge on any atom is -0.400 e. The summed E-state index contributed by atoms with van der Waals surface area (Å²) in [7, 11) is -0.254. The van der Waals surface area contributed by atoms with Crippen LogP contribution >= 0.6 is 0 Å². The van der Waals surface area contributed by atoms with Crippen LogP contribution in [0.25, 0.3) is 0 Å². The van der Waals surface area contributed by atoms with Gasteiger partial charge in [0.1, 0.15) is 0 Å². The fraction of sp³-hybridized carbons (Fsp3) is 0.850. The molecule has 3 rings (SSSR count). The Balaban J connectivity index is 1.64. The SMILES string of the molecule is CC(C)CCN1CCC2(CC=C(B3OC(C)(C)C(C)(C)O3)CC2)C1=O. The Bertz CT molecular complexity index is 553. The molecule has 0 aromatic heterocycles. The maximum absolute atomic E-state index is 13.0. The number of carbonyl (C=O) groups is 1. The monoisotopic (exact) mass is 347 g/mol. The van der Waals surface area contributed by atoms with Gasteiger partial charge in [-0.1, -0.05) is 19.9 Å². The normalized spacial score (nSPS) is 31.3. The molecule has 5 heteroatoms. The van der Waals surface area contributed by atoms with Gasteiger partial charge in [-0.3, -0.25) is 4.79 Å². The van der Waals surface area contributed by atoms with Crippen molar-refractivity contribution < 1.29 is 14.1 Å². The van der Waals surface area contributed by atoms with Gasteiger partial charge in [0.05, 0.1) is 16.6 Å². The molecule has 0 aromatic rings. The van der Waals surface area contributed by atoms with Gasteiger partial charge in [-0.2, -0.15) is 0 Å². The second-order valence-corrected chi connectivity index (χ2v) is 9.58. The minimum atomic E-state index is -0.301. The third-order valence-corrected chi connectivity index (χ3v) is 6.78. The van der Waals surface area contributed by atoms with Gasteiger partial charge >= 0.3 is 7.12 Å². The standard InChI is InChI=1S/C20H34BNO3/c1-15(2)9-13-22-14-12-20(17(22)23)10-7-16(8-11-20)21-24-18(3,4)19(5,6)25-21/h7,15H,8-14H2,1-6H3. The first-order chi connectivity index (χ1) is 11.6. The van der Waals surface area contributed by atoms with Crippen LogP contribution in [0.15, 0.2) is 11.5 Å². The van der Waals surface area contributed by atoms with E-state index in [1.807, 2.05) is 0 Å². The molecule has 1 unspecified atom stereocenters. The summed E-state index contributed by atoms with van der Waals surface area (Å²) < 4.78 is 12.4. The Morgan fingerprint density at radius 1 is 1.16 bits per heavy atom. The number of amides is 1. The first-order valence-electron chi connectivity index (χ1n) is 9.90. The molecular weight excluding hydrogens is 313 g/mol. The summed E-state index contributed by atoms with van der Waals surface area (Å²) in [4.78, 5) is 15.1. The van der Waals surface area contributed by atoms with Crippen LogP contribution in [0.5, 0.6) is 0 Å². The highest BCUT2D eigenvalue weighted by Gasteiger charge is 2.54. The van der Waals surface area contributed by atoms with Crippen LogP contribution in [0.2, 0.25) is 0 Å². The fourth-order valence-electron chi connectivity index (χ4n) is 4.06. The minimum absolute atomic E-state index is 0.163. The second-order valence-electron chi connectivity index (χ2n) is 9.58. The predicted molar refractivity (Wildman–Crippen MR) is 101 cm³/mol. The van der Waals surface area contributed by atoms with Gasteiger partial charge in [-0.05, 0) is 71.2 Å². The average Bonchev–Trinajstić information content (AvgIpc) is 2.93. The highest BCUT2D eigenvalue weighted by molar-refractivity contribution is 6.54. The molecular formula is C20H34BNO3. The van der Waals surface area contributed by atoms with E-state index in [9.17, 15) is 4.79 Å². The van der Waals surface area contributed by atoms with Crippen LogP contribution in [0.3, 0.4) is 0 Å². The van der Waals surface area contributed by atoms with Crippen molar-refractivity contribution in [2.45, 2.75) is 84.8 Å². The third-order valence-electron chi connectivity index (χ3n) is 6.78. The molecule has 2 aliphatic heterocycles. The molecule has 0 aromatic carbocycles. The molecule has 4 nitrogen and oxygen atoms in total. The lowest BCUT2D eigenvalue weighted by Gasteiger charge is -2.32. The van der Waals surface area contributed by atoms with Crippen molar-refractivity contribution in [1.29, 1.82) is 0 Å². The van der Waals surface area contributed by atoms with Crippen LogP contribution in [0.1, 0.15) is 73.6 Å². The van der Waals surface area contributed by atoms with Gasteiger partial charge in [0.15, 0.2) is 0 Å². The molecule has 3 aliphatic rings. The number of likely N-dealkylation sites (tertiary alicyclic amines) is 1. The first-order valence-corrected chi connectivity index (χ1v) is 9.90. The van der Waals surface area contributed by atoms with E-state index in [4.69, 9.17) is 9.31 Å². The summed E-state index contributed by atoms with van der Waals surface area (Å²) >= 11 is 0. The summed E-state index contributed by atoms with van der Waals surface area (Å²) in [6.45, 7) is 14.6. The molecule has 1 amide bonds. The zero-order valence-corrected chi connectivity index (χ0v) is 16.9. The predicted octanol–water partition coefficient (Wildman–Crippen LogP) is 3.99. The lowest BCUT2D eigenvalue weighted by atomic mass is 9.65. The molecule has 25 heavy (non-hydrogen) atoms. The quantitative estimate of drug-likeness (QED) is 0.722. The van der Waals surface area contributed by atoms with Crippen molar-refractivity contribution in [2.75, 3.05) is 13.1 Å². The number of rotatable bonds is 4. The third kappa shape index (κ3) is 3.42. The molecule has 2 saturated heterocycles. The molecule has 140 valence electrons. The van der Waals surface area contributed by atoms with E-state index in [0.717, 1.165) is 45.2 Å². The van der Waals surface area contributed by atoms with Crippen LogP contribution in [-0.4, -0.2) is 42.2 Å². The van der Waals surface area contributed by atoms with Crippen LogP contribution < -0.4 is 0 Å². The summed E-state index contributed by atoms with van der Waals surface area (Å²) in [5.74, 6) is 1.02. The zero-order chi connectivity index (χ0) is 18.5. The molecule has 1 aliphatic carbocycles. The zero-order valence-electron chi connectivity index (χ0n) is 16.9. The average molecular weight is 347 g/mol. The topological polar surface area (TPSA) is 38.8 Å². The Morgan fingerprint density at radius 2 is 1.80 bits per heavy atom. The van der Waals surface area contributed by atoms with Crippen LogP contribution in [-0.2, 0) is 14.1 Å². The van der Waals surface area contributed by atoms with Gasteiger partial charge in [0.25, 0.3) is 0 Å². The molecule has 1 atom stereocenters. The van der Waals surface area contributed by atoms with Crippen molar-refractivity contribution in [3.63, 3.8) is 0 Å². The Kier molecular flexibility index (Phi) is 4.87. The highest BCUT2D eigenvalue weighted by atomic mass is 16.7. The largest absolute Gasteiger partial charge is 0.490 e. The lowest BCUT2D eigenvalue weighted by molar-refractivity contribution is -0.136. The van der Waals surface area contributed by atoms with Crippen molar-refractivity contribution in [2.24, 2.45) is 11.3 Å². The highest BCUT2D eigenvalue weighted by Crippen LogP contribution is 2.47. The van der Waals surface area contributed by atoms with Crippen LogP contribution in [0, 0.1) is 11.3 Å². The summed E-state index contributed by atoms with van der Waals surface area (Å²) in [5, 5.41) is 0. The molecule has 0 N–H and O–H groups in total. The molecule has 2 heterocycles. The van der Waals surface area contributed by atoms with Crippen molar-refractivity contribution in [3.05, 3.63) is 11.5 Å². The summed E-state index contributed by atoms with van der Waals surface area (Å²) in [5.41, 5.74) is 0.455. The number of nitrogens with zero attached hydrogens (tertiary/aromatic N) is 1. The van der Waals surface area contributed by atoms with Gasteiger partial charge < -0.3 is 14.2 Å². The maximum atomic E-state index is 13.0. The van der Waals surface area contributed by atoms with Gasteiger partial charge in [-0.25, -0.2) is 0 Å². The van der Waals surface area contributed by atoms with E-state index in [-0.39, 0.29) is 23.7 Å². The van der Waals surface area contributed by atoms with E-state index in [1.54, 1.807) is 0 Å². The van der Waals surface area contributed by atoms with E-state index in [2.05, 4.69) is 52.5 Å². The molecule has 1 spiro atoms. The summed E-state index contributed by atoms with van der Waals surface area (Å²) in [6, 6.07) is 0. The maximum Gasteiger partial charge on any atom is 0.490 e. The number of hydrogen-bond acceptors (Lipinski definition) is 3. The second kappa shape index (κ2) is 6.42. The van der Waals surface area contributed by atoms with Crippen molar-refractivity contribution in [1.82, 2.24) is 4.90 Å². The van der Waals surface area contributed by atoms with Gasteiger partial charge in [-0.15, -0.1) is 0 Å². The Labute approximate surface area is 153 Å². The molecule has 0 saturated carbocycles. The smallest absolute Gasteiger partial charge is 0.400 e. The Morgan fingerprint density at radius 3 is 2.32 bits per heavy atom. The van der Waals surface area contributed by atoms with E-state index >= 15 is 0 Å². The molecule has 0 radical (unpaired) electrons. The molecule has 2 fully saturated rings. The summed E-state index contributed by atoms with van der Waals surface area (Å²) in [6.07, 6.45) is 6.99. The van der Waals surface area contributed by atoms with Gasteiger partial charge in [0.2, 0.25) is 5.91 Å². The van der Waals surface area contributed by atoms with Crippen LogP contribution in [0.4, 0.5) is 0 Å². The number of carbonyl (C=O) groups excluding carboxylic acids is 1. The van der Waals surface area contributed by atoms with E-state index in [1.165, 1.54) is 5.47 Å². The van der Waals surface area contributed by atoms with Gasteiger partial charge in [0, 0.05) is 13.1 Å². The fourth-order valence-corrected chi connectivity index (χ4v) is 4.06. The van der Waals surface area contributed by atoms with Crippen molar-refractivity contribution in [3.8, 4) is 0 Å². The van der Waals surface area contributed by atoms with E-state index < -0.39 is 0 Å². The first kappa shape index (κ1) is 19.0. The molecule has 0 bridgehead atoms. The number of allylic oxidation sites excluding steroid dienone is 2. The Hall–Kier alpha value is -0.805. The lowest BCUT2D eigenvalue weighted by Crippen LogP contribution is -2.41. The van der Waals surface area contributed by atoms with Crippen molar-refractivity contribution >= 4 is 13.0 Å². The number of hydrogen-bond donors (Lipinski definition) is 0.